The van der Waals surface area contributed by atoms with Crippen LogP contribution in [0.3, 0.4) is 0 Å². The van der Waals surface area contributed by atoms with Crippen LogP contribution in [-0.2, 0) is 9.59 Å². The molecular weight excluding hydrogens is 230 g/mol. The average Bonchev–Trinajstić information content (AvgIpc) is 2.35. The third kappa shape index (κ3) is 3.72. The van der Waals surface area contributed by atoms with E-state index in [0.29, 0.717) is 18.9 Å². The van der Waals surface area contributed by atoms with Gasteiger partial charge in [-0.25, -0.2) is 0 Å². The van der Waals surface area contributed by atoms with Crippen molar-refractivity contribution in [3.63, 3.8) is 0 Å². The molecule has 1 rings (SSSR count). The van der Waals surface area contributed by atoms with Crippen molar-refractivity contribution in [1.29, 1.82) is 0 Å². The number of hydrogen-bond donors (Lipinski definition) is 1. The van der Waals surface area contributed by atoms with Crippen LogP contribution in [0, 0.1) is 11.8 Å². The average molecular weight is 255 g/mol. The summed E-state index contributed by atoms with van der Waals surface area (Å²) >= 11 is 0. The Kier molecular flexibility index (Phi) is 5.63. The van der Waals surface area contributed by atoms with Gasteiger partial charge < -0.3 is 10.0 Å². The van der Waals surface area contributed by atoms with E-state index in [1.54, 1.807) is 6.92 Å². The minimum Gasteiger partial charge on any atom is -0.481 e. The van der Waals surface area contributed by atoms with Crippen molar-refractivity contribution in [3.05, 3.63) is 0 Å². The Balaban J connectivity index is 2.76. The second kappa shape index (κ2) is 6.76. The predicted octanol–water partition coefficient (Wildman–Crippen LogP) is 2.52. The van der Waals surface area contributed by atoms with Gasteiger partial charge in [0, 0.05) is 19.0 Å². The van der Waals surface area contributed by atoms with Gasteiger partial charge in [0.1, 0.15) is 0 Å². The van der Waals surface area contributed by atoms with E-state index in [4.69, 9.17) is 5.11 Å². The van der Waals surface area contributed by atoms with Crippen LogP contribution in [0.4, 0.5) is 0 Å². The molecule has 18 heavy (non-hydrogen) atoms. The molecule has 1 aliphatic carbocycles. The molecule has 0 radical (unpaired) electrons. The van der Waals surface area contributed by atoms with E-state index >= 15 is 0 Å². The molecule has 0 aromatic heterocycles. The van der Waals surface area contributed by atoms with Crippen LogP contribution in [0.5, 0.6) is 0 Å². The summed E-state index contributed by atoms with van der Waals surface area (Å²) < 4.78 is 0. The van der Waals surface area contributed by atoms with E-state index in [1.165, 1.54) is 6.42 Å². The molecule has 0 aromatic rings. The highest BCUT2D eigenvalue weighted by Crippen LogP contribution is 2.29. The molecule has 1 aliphatic rings. The first-order valence-corrected chi connectivity index (χ1v) is 6.99. The van der Waals surface area contributed by atoms with Gasteiger partial charge in [-0.2, -0.15) is 0 Å². The molecule has 4 nitrogen and oxygen atoms in total. The Hall–Kier alpha value is -1.06. The number of carboxylic acids is 1. The van der Waals surface area contributed by atoms with Crippen LogP contribution in [-0.4, -0.2) is 34.5 Å². The number of carboxylic acid groups (broad SMARTS) is 1. The Morgan fingerprint density at radius 2 is 1.94 bits per heavy atom. The predicted molar refractivity (Wildman–Crippen MR) is 70.2 cm³/mol. The minimum atomic E-state index is -0.827. The van der Waals surface area contributed by atoms with Gasteiger partial charge in [-0.05, 0) is 18.8 Å². The lowest BCUT2D eigenvalue weighted by molar-refractivity contribution is -0.144. The van der Waals surface area contributed by atoms with Crippen molar-refractivity contribution in [3.8, 4) is 0 Å². The van der Waals surface area contributed by atoms with E-state index < -0.39 is 11.9 Å². The Labute approximate surface area is 109 Å². The second-order valence-electron chi connectivity index (χ2n) is 5.47. The van der Waals surface area contributed by atoms with E-state index in [2.05, 4.69) is 6.92 Å². The fraction of sp³-hybridized carbons (Fsp3) is 0.857. The molecule has 0 bridgehead atoms. The van der Waals surface area contributed by atoms with Crippen LogP contribution in [0.25, 0.3) is 0 Å². The van der Waals surface area contributed by atoms with Crippen LogP contribution < -0.4 is 0 Å². The van der Waals surface area contributed by atoms with Gasteiger partial charge in [-0.1, -0.05) is 33.6 Å². The largest absolute Gasteiger partial charge is 0.481 e. The minimum absolute atomic E-state index is 0.0850. The number of carbonyl (C=O) groups is 2. The molecule has 0 aliphatic heterocycles. The molecule has 0 aromatic carbocycles. The molecule has 0 heterocycles. The summed E-state index contributed by atoms with van der Waals surface area (Å²) in [6, 6.07) is 0.230. The van der Waals surface area contributed by atoms with Crippen LogP contribution in [0.15, 0.2) is 0 Å². The molecule has 1 N–H and O–H groups in total. The summed E-state index contributed by atoms with van der Waals surface area (Å²) in [6.45, 7) is 6.03. The Morgan fingerprint density at radius 1 is 1.33 bits per heavy atom. The molecule has 3 unspecified atom stereocenters. The normalized spacial score (nSPS) is 25.5. The number of aliphatic carboxylic acids is 1. The highest BCUT2D eigenvalue weighted by molar-refractivity contribution is 5.77. The number of nitrogens with zero attached hydrogens (tertiary/aromatic N) is 1. The lowest BCUT2D eigenvalue weighted by Crippen LogP contribution is -2.47. The maximum Gasteiger partial charge on any atom is 0.308 e. The first kappa shape index (κ1) is 15.0. The SMILES string of the molecule is CCC(=O)N(CC(C)C(=O)O)C1CCCCC1C. The van der Waals surface area contributed by atoms with Gasteiger partial charge in [0.25, 0.3) is 0 Å². The van der Waals surface area contributed by atoms with Crippen molar-refractivity contribution in [2.45, 2.75) is 58.9 Å². The van der Waals surface area contributed by atoms with Gasteiger partial charge in [-0.15, -0.1) is 0 Å². The molecule has 1 fully saturated rings. The van der Waals surface area contributed by atoms with Gasteiger partial charge in [-0.3, -0.25) is 9.59 Å². The van der Waals surface area contributed by atoms with Crippen LogP contribution >= 0.6 is 0 Å². The molecule has 0 spiro atoms. The maximum atomic E-state index is 12.0. The second-order valence-corrected chi connectivity index (χ2v) is 5.47. The third-order valence-corrected chi connectivity index (χ3v) is 3.98. The third-order valence-electron chi connectivity index (χ3n) is 3.98. The zero-order chi connectivity index (χ0) is 13.7. The summed E-state index contributed by atoms with van der Waals surface area (Å²) in [6.07, 6.45) is 4.97. The highest BCUT2D eigenvalue weighted by atomic mass is 16.4. The van der Waals surface area contributed by atoms with E-state index in [0.717, 1.165) is 19.3 Å². The Morgan fingerprint density at radius 3 is 2.44 bits per heavy atom. The molecule has 4 heteroatoms. The standard InChI is InChI=1S/C14H25NO3/c1-4-13(16)15(9-11(3)14(17)18)12-8-6-5-7-10(12)2/h10-12H,4-9H2,1-3H3,(H,17,18). The number of amides is 1. The monoisotopic (exact) mass is 255 g/mol. The van der Waals surface area contributed by atoms with E-state index in [9.17, 15) is 9.59 Å². The van der Waals surface area contributed by atoms with Crippen LogP contribution in [0.2, 0.25) is 0 Å². The van der Waals surface area contributed by atoms with Crippen molar-refractivity contribution >= 4 is 11.9 Å². The number of rotatable bonds is 5. The first-order valence-electron chi connectivity index (χ1n) is 6.99. The Bertz CT molecular complexity index is 303. The van der Waals surface area contributed by atoms with E-state index in [1.807, 2.05) is 11.8 Å². The van der Waals surface area contributed by atoms with Crippen molar-refractivity contribution in [2.24, 2.45) is 11.8 Å². The van der Waals surface area contributed by atoms with E-state index in [-0.39, 0.29) is 11.9 Å². The summed E-state index contributed by atoms with van der Waals surface area (Å²) in [5.74, 6) is -0.751. The van der Waals surface area contributed by atoms with Gasteiger partial charge in [0.15, 0.2) is 0 Å². The zero-order valence-corrected chi connectivity index (χ0v) is 11.7. The molecule has 0 saturated heterocycles. The van der Waals surface area contributed by atoms with Crippen molar-refractivity contribution in [2.75, 3.05) is 6.54 Å². The van der Waals surface area contributed by atoms with Crippen molar-refractivity contribution < 1.29 is 14.7 Å². The van der Waals surface area contributed by atoms with Crippen LogP contribution in [0.1, 0.15) is 52.9 Å². The molecule has 104 valence electrons. The smallest absolute Gasteiger partial charge is 0.308 e. The topological polar surface area (TPSA) is 57.6 Å². The first-order chi connectivity index (χ1) is 8.47. The summed E-state index contributed by atoms with van der Waals surface area (Å²) in [4.78, 5) is 24.8. The quantitative estimate of drug-likeness (QED) is 0.821. The van der Waals surface area contributed by atoms with Gasteiger partial charge in [0.05, 0.1) is 5.92 Å². The van der Waals surface area contributed by atoms with Crippen molar-refractivity contribution in [1.82, 2.24) is 4.90 Å². The fourth-order valence-corrected chi connectivity index (χ4v) is 2.76. The number of carbonyl (C=O) groups excluding carboxylic acids is 1. The van der Waals surface area contributed by atoms with Gasteiger partial charge in [0.2, 0.25) is 5.91 Å². The maximum absolute atomic E-state index is 12.0. The zero-order valence-electron chi connectivity index (χ0n) is 11.7. The highest BCUT2D eigenvalue weighted by Gasteiger charge is 2.31. The molecule has 1 saturated carbocycles. The summed E-state index contributed by atoms with van der Waals surface area (Å²) in [5, 5.41) is 9.01. The molecule has 3 atom stereocenters. The summed E-state index contributed by atoms with van der Waals surface area (Å²) in [5.41, 5.74) is 0. The summed E-state index contributed by atoms with van der Waals surface area (Å²) in [7, 11) is 0. The number of hydrogen-bond acceptors (Lipinski definition) is 2. The van der Waals surface area contributed by atoms with Gasteiger partial charge >= 0.3 is 5.97 Å². The molecule has 1 amide bonds. The lowest BCUT2D eigenvalue weighted by Gasteiger charge is -2.39. The molecular formula is C14H25NO3. The lowest BCUT2D eigenvalue weighted by atomic mass is 9.84. The fourth-order valence-electron chi connectivity index (χ4n) is 2.76.